The van der Waals surface area contributed by atoms with Crippen molar-refractivity contribution in [3.8, 4) is 22.3 Å². The van der Waals surface area contributed by atoms with Crippen molar-refractivity contribution in [1.29, 1.82) is 0 Å². The molecule has 0 fully saturated rings. The van der Waals surface area contributed by atoms with Crippen molar-refractivity contribution in [2.75, 3.05) is 7.11 Å². The minimum atomic E-state index is -3.82. The molecule has 0 aliphatic rings. The molecule has 134 valence electrons. The smallest absolute Gasteiger partial charge is 0.348 e. The molecule has 0 unspecified atom stereocenters. The van der Waals surface area contributed by atoms with Crippen molar-refractivity contribution < 1.29 is 22.3 Å². The predicted molar refractivity (Wildman–Crippen MR) is 97.9 cm³/mol. The number of rotatable bonds is 4. The van der Waals surface area contributed by atoms with Gasteiger partial charge in [-0.15, -0.1) is 11.3 Å². The van der Waals surface area contributed by atoms with Crippen LogP contribution in [0, 0.1) is 5.82 Å². The fourth-order valence-corrected chi connectivity index (χ4v) is 4.07. The van der Waals surface area contributed by atoms with Gasteiger partial charge in [0.2, 0.25) is 10.0 Å². The number of esters is 1. The van der Waals surface area contributed by atoms with E-state index in [0.717, 1.165) is 11.1 Å². The van der Waals surface area contributed by atoms with Crippen LogP contribution >= 0.6 is 11.3 Å². The average molecular weight is 391 g/mol. The van der Waals surface area contributed by atoms with Crippen LogP contribution < -0.4 is 5.14 Å². The summed E-state index contributed by atoms with van der Waals surface area (Å²) in [5, 5.41) is 6.91. The zero-order chi connectivity index (χ0) is 18.9. The van der Waals surface area contributed by atoms with Crippen molar-refractivity contribution in [2.45, 2.75) is 4.90 Å². The molecule has 2 N–H and O–H groups in total. The van der Waals surface area contributed by atoms with E-state index < -0.39 is 16.0 Å². The standard InChI is InChI=1S/C18H14FNO4S2/c1-24-18(21)17-16(12-4-8-14(9-5-12)26(20,22)23)15(10-25-17)11-2-6-13(19)7-3-11/h2-10H,1H3,(H2,20,22,23). The lowest BCUT2D eigenvalue weighted by atomic mass is 9.97. The molecular formula is C18H14FNO4S2. The molecule has 0 saturated heterocycles. The van der Waals surface area contributed by atoms with E-state index in [9.17, 15) is 17.6 Å². The number of nitrogens with two attached hydrogens (primary N) is 1. The molecule has 3 aromatic rings. The van der Waals surface area contributed by atoms with Gasteiger partial charge in [-0.05, 0) is 35.4 Å². The highest BCUT2D eigenvalue weighted by Crippen LogP contribution is 2.40. The summed E-state index contributed by atoms with van der Waals surface area (Å²) in [4.78, 5) is 12.5. The maximum Gasteiger partial charge on any atom is 0.348 e. The first-order valence-electron chi connectivity index (χ1n) is 7.40. The Labute approximate surface area is 153 Å². The number of primary sulfonamides is 1. The van der Waals surface area contributed by atoms with Crippen LogP contribution in [0.5, 0.6) is 0 Å². The normalized spacial score (nSPS) is 11.3. The summed E-state index contributed by atoms with van der Waals surface area (Å²) >= 11 is 1.20. The van der Waals surface area contributed by atoms with Gasteiger partial charge in [0.05, 0.1) is 12.0 Å². The van der Waals surface area contributed by atoms with Crippen molar-refractivity contribution in [1.82, 2.24) is 0 Å². The number of hydrogen-bond acceptors (Lipinski definition) is 5. The first-order chi connectivity index (χ1) is 12.3. The average Bonchev–Trinajstić information content (AvgIpc) is 3.06. The van der Waals surface area contributed by atoms with Crippen molar-refractivity contribution in [2.24, 2.45) is 5.14 Å². The third-order valence-electron chi connectivity index (χ3n) is 3.79. The van der Waals surface area contributed by atoms with Crippen molar-refractivity contribution in [3.05, 3.63) is 64.6 Å². The molecule has 0 bridgehead atoms. The highest BCUT2D eigenvalue weighted by molar-refractivity contribution is 7.89. The Morgan fingerprint density at radius 3 is 2.15 bits per heavy atom. The molecule has 0 radical (unpaired) electrons. The largest absolute Gasteiger partial charge is 0.465 e. The number of benzene rings is 2. The predicted octanol–water partition coefficient (Wildman–Crippen LogP) is 3.66. The third kappa shape index (κ3) is 3.52. The molecule has 1 aromatic heterocycles. The van der Waals surface area contributed by atoms with Gasteiger partial charge in [0, 0.05) is 16.5 Å². The number of thiophene rings is 1. The molecule has 8 heteroatoms. The summed E-state index contributed by atoms with van der Waals surface area (Å²) < 4.78 is 41.0. The van der Waals surface area contributed by atoms with E-state index in [1.807, 2.05) is 0 Å². The Balaban J connectivity index is 2.19. The summed E-state index contributed by atoms with van der Waals surface area (Å²) in [5.41, 5.74) is 2.66. The number of sulfonamides is 1. The van der Waals surface area contributed by atoms with Gasteiger partial charge < -0.3 is 4.74 Å². The summed E-state index contributed by atoms with van der Waals surface area (Å²) in [6.07, 6.45) is 0. The second-order valence-electron chi connectivity index (χ2n) is 5.42. The Hall–Kier alpha value is -2.55. The lowest BCUT2D eigenvalue weighted by Crippen LogP contribution is -2.11. The van der Waals surface area contributed by atoms with Crippen LogP contribution in [-0.4, -0.2) is 21.5 Å². The molecule has 1 heterocycles. The topological polar surface area (TPSA) is 86.5 Å². The second kappa shape index (κ2) is 6.99. The summed E-state index contributed by atoms with van der Waals surface area (Å²) in [6, 6.07) is 11.8. The minimum Gasteiger partial charge on any atom is -0.465 e. The van der Waals surface area contributed by atoms with E-state index >= 15 is 0 Å². The minimum absolute atomic E-state index is 0.0283. The van der Waals surface area contributed by atoms with E-state index in [-0.39, 0.29) is 10.7 Å². The number of methoxy groups -OCH3 is 1. The number of halogens is 1. The molecular weight excluding hydrogens is 377 g/mol. The quantitative estimate of drug-likeness (QED) is 0.688. The van der Waals surface area contributed by atoms with E-state index in [0.29, 0.717) is 16.0 Å². The molecule has 0 aliphatic heterocycles. The van der Waals surface area contributed by atoms with E-state index in [4.69, 9.17) is 9.88 Å². The van der Waals surface area contributed by atoms with Crippen LogP contribution in [0.2, 0.25) is 0 Å². The van der Waals surface area contributed by atoms with Gasteiger partial charge in [-0.3, -0.25) is 0 Å². The maximum absolute atomic E-state index is 13.2. The van der Waals surface area contributed by atoms with Gasteiger partial charge in [-0.25, -0.2) is 22.7 Å². The molecule has 5 nitrogen and oxygen atoms in total. The van der Waals surface area contributed by atoms with E-state index in [2.05, 4.69) is 0 Å². The first-order valence-corrected chi connectivity index (χ1v) is 9.83. The number of carbonyl (C=O) groups is 1. The van der Waals surface area contributed by atoms with E-state index in [1.165, 1.54) is 42.7 Å². The molecule has 0 aliphatic carbocycles. The Bertz CT molecular complexity index is 1060. The highest BCUT2D eigenvalue weighted by atomic mass is 32.2. The van der Waals surface area contributed by atoms with Gasteiger partial charge in [0.1, 0.15) is 10.7 Å². The molecule has 2 aromatic carbocycles. The van der Waals surface area contributed by atoms with Crippen molar-refractivity contribution in [3.63, 3.8) is 0 Å². The molecule has 0 saturated carbocycles. The third-order valence-corrected chi connectivity index (χ3v) is 5.68. The van der Waals surface area contributed by atoms with E-state index in [1.54, 1.807) is 29.6 Å². The summed E-state index contributed by atoms with van der Waals surface area (Å²) in [7, 11) is -2.53. The molecule has 26 heavy (non-hydrogen) atoms. The van der Waals surface area contributed by atoms with Gasteiger partial charge >= 0.3 is 5.97 Å². The lowest BCUT2D eigenvalue weighted by molar-refractivity contribution is 0.0607. The van der Waals surface area contributed by atoms with Gasteiger partial charge in [-0.2, -0.15) is 0 Å². The molecule has 0 atom stereocenters. The van der Waals surface area contributed by atoms with Crippen molar-refractivity contribution >= 4 is 27.3 Å². The number of ether oxygens (including phenoxy) is 1. The number of carbonyl (C=O) groups excluding carboxylic acids is 1. The Kier molecular flexibility index (Phi) is 4.90. The zero-order valence-electron chi connectivity index (χ0n) is 13.6. The SMILES string of the molecule is COC(=O)c1scc(-c2ccc(F)cc2)c1-c1ccc(S(N)(=O)=O)cc1. The first kappa shape index (κ1) is 18.2. The maximum atomic E-state index is 13.2. The zero-order valence-corrected chi connectivity index (χ0v) is 15.2. The summed E-state index contributed by atoms with van der Waals surface area (Å²) in [6.45, 7) is 0. The van der Waals surface area contributed by atoms with Crippen LogP contribution in [-0.2, 0) is 14.8 Å². The Morgan fingerprint density at radius 2 is 1.62 bits per heavy atom. The molecule has 0 amide bonds. The number of hydrogen-bond donors (Lipinski definition) is 1. The van der Waals surface area contributed by atoms with Gasteiger partial charge in [-0.1, -0.05) is 24.3 Å². The fraction of sp³-hybridized carbons (Fsp3) is 0.0556. The second-order valence-corrected chi connectivity index (χ2v) is 7.86. The summed E-state index contributed by atoms with van der Waals surface area (Å²) in [5.74, 6) is -0.870. The van der Waals surface area contributed by atoms with Gasteiger partial charge in [0.25, 0.3) is 0 Å². The van der Waals surface area contributed by atoms with Crippen LogP contribution in [0.15, 0.2) is 58.8 Å². The van der Waals surface area contributed by atoms with Crippen LogP contribution in [0.3, 0.4) is 0 Å². The monoisotopic (exact) mass is 391 g/mol. The molecule has 0 spiro atoms. The molecule has 3 rings (SSSR count). The Morgan fingerprint density at radius 1 is 1.04 bits per heavy atom. The lowest BCUT2D eigenvalue weighted by Gasteiger charge is -2.09. The van der Waals surface area contributed by atoms with Gasteiger partial charge in [0.15, 0.2) is 0 Å². The highest BCUT2D eigenvalue weighted by Gasteiger charge is 2.21. The van der Waals surface area contributed by atoms with Crippen LogP contribution in [0.25, 0.3) is 22.3 Å². The fourth-order valence-electron chi connectivity index (χ4n) is 2.54. The van der Waals surface area contributed by atoms with Crippen LogP contribution in [0.4, 0.5) is 4.39 Å². The van der Waals surface area contributed by atoms with Crippen LogP contribution in [0.1, 0.15) is 9.67 Å².